The van der Waals surface area contributed by atoms with Crippen molar-refractivity contribution < 1.29 is 0 Å². The Balaban J connectivity index is 1.99. The van der Waals surface area contributed by atoms with E-state index in [0.717, 1.165) is 13.0 Å². The third kappa shape index (κ3) is 1.76. The second-order valence-electron chi connectivity index (χ2n) is 4.53. The van der Waals surface area contributed by atoms with Crippen molar-refractivity contribution in [2.45, 2.75) is 25.4 Å². The van der Waals surface area contributed by atoms with Gasteiger partial charge in [0.1, 0.15) is 6.17 Å². The molecule has 0 saturated carbocycles. The van der Waals surface area contributed by atoms with Gasteiger partial charge in [0.15, 0.2) is 0 Å². The van der Waals surface area contributed by atoms with Gasteiger partial charge in [-0.15, -0.1) is 10.2 Å². The topological polar surface area (TPSA) is 90.4 Å². The van der Waals surface area contributed by atoms with E-state index in [9.17, 15) is 0 Å². The van der Waals surface area contributed by atoms with Gasteiger partial charge < -0.3 is 0 Å². The summed E-state index contributed by atoms with van der Waals surface area (Å²) in [7, 11) is 3.86. The number of aromatic nitrogens is 8. The Morgan fingerprint density at radius 3 is 2.50 bits per heavy atom. The van der Waals surface area contributed by atoms with Crippen LogP contribution in [-0.2, 0) is 7.05 Å². The molecule has 0 aliphatic carbocycles. The number of rotatable bonds is 2. The summed E-state index contributed by atoms with van der Waals surface area (Å²) in [6.07, 6.45) is 3.63. The molecule has 3 rings (SSSR count). The number of hydrogen-bond donors (Lipinski definition) is 0. The number of likely N-dealkylation sites (tertiary alicyclic amines) is 1. The van der Waals surface area contributed by atoms with Crippen molar-refractivity contribution >= 4 is 0 Å². The molecule has 0 aromatic carbocycles. The van der Waals surface area contributed by atoms with Crippen molar-refractivity contribution in [2.24, 2.45) is 7.05 Å². The van der Waals surface area contributed by atoms with Crippen LogP contribution in [0.2, 0.25) is 0 Å². The van der Waals surface area contributed by atoms with E-state index >= 15 is 0 Å². The van der Waals surface area contributed by atoms with E-state index in [1.807, 2.05) is 4.68 Å². The molecule has 1 aliphatic heterocycles. The lowest BCUT2D eigenvalue weighted by molar-refractivity contribution is 0.115. The minimum Gasteiger partial charge on any atom is -0.285 e. The maximum Gasteiger partial charge on any atom is 0.223 e. The van der Waals surface area contributed by atoms with Gasteiger partial charge in [-0.2, -0.15) is 0 Å². The van der Waals surface area contributed by atoms with E-state index in [2.05, 4.69) is 43.0 Å². The molecule has 0 amide bonds. The summed E-state index contributed by atoms with van der Waals surface area (Å²) >= 11 is 0. The quantitative estimate of drug-likeness (QED) is 0.707. The first-order valence-corrected chi connectivity index (χ1v) is 5.98. The van der Waals surface area contributed by atoms with Crippen LogP contribution in [-0.4, -0.2) is 58.9 Å². The van der Waals surface area contributed by atoms with E-state index in [0.29, 0.717) is 11.6 Å². The normalized spacial score (nSPS) is 21.3. The molecule has 18 heavy (non-hydrogen) atoms. The summed E-state index contributed by atoms with van der Waals surface area (Å²) in [4.78, 5) is 2.26. The molecule has 1 saturated heterocycles. The number of piperidine rings is 1. The fraction of sp³-hybridized carbons (Fsp3) is 0.778. The summed E-state index contributed by atoms with van der Waals surface area (Å²) in [5.74, 6) is 1.19. The number of aryl methyl sites for hydroxylation is 1. The molecule has 0 N–H and O–H groups in total. The first kappa shape index (κ1) is 11.2. The van der Waals surface area contributed by atoms with Gasteiger partial charge in [-0.25, -0.2) is 9.36 Å². The van der Waals surface area contributed by atoms with Crippen LogP contribution in [0.1, 0.15) is 25.4 Å². The van der Waals surface area contributed by atoms with Crippen LogP contribution in [0.15, 0.2) is 0 Å². The molecule has 0 radical (unpaired) electrons. The monoisotopic (exact) mass is 249 g/mol. The Bertz CT molecular complexity index is 530. The van der Waals surface area contributed by atoms with Gasteiger partial charge in [0.2, 0.25) is 11.6 Å². The van der Waals surface area contributed by atoms with Gasteiger partial charge in [-0.05, 0) is 53.7 Å². The lowest BCUT2D eigenvalue weighted by Gasteiger charge is -2.32. The highest BCUT2D eigenvalue weighted by Crippen LogP contribution is 2.26. The number of nitrogens with zero attached hydrogens (tertiary/aromatic N) is 9. The fourth-order valence-electron chi connectivity index (χ4n) is 2.33. The predicted octanol–water partition coefficient (Wildman–Crippen LogP) is -0.522. The SMILES string of the molecule is CN1CCCCC1n1nnnc1-c1nnnn1C. The van der Waals surface area contributed by atoms with Crippen LogP contribution in [0.3, 0.4) is 0 Å². The Hall–Kier alpha value is -1.90. The molecule has 0 bridgehead atoms. The van der Waals surface area contributed by atoms with Crippen LogP contribution in [0.25, 0.3) is 11.6 Å². The molecular formula is C9H15N9. The molecule has 1 atom stereocenters. The molecule has 0 spiro atoms. The smallest absolute Gasteiger partial charge is 0.223 e. The van der Waals surface area contributed by atoms with Crippen molar-refractivity contribution in [3.8, 4) is 11.6 Å². The molecule has 9 nitrogen and oxygen atoms in total. The molecule has 1 unspecified atom stereocenters. The van der Waals surface area contributed by atoms with E-state index in [-0.39, 0.29) is 6.17 Å². The molecule has 1 aliphatic rings. The summed E-state index contributed by atoms with van der Waals surface area (Å²) in [5.41, 5.74) is 0. The van der Waals surface area contributed by atoms with Crippen LogP contribution in [0, 0.1) is 0 Å². The lowest BCUT2D eigenvalue weighted by Crippen LogP contribution is -2.34. The van der Waals surface area contributed by atoms with Crippen LogP contribution in [0.5, 0.6) is 0 Å². The zero-order valence-electron chi connectivity index (χ0n) is 10.4. The summed E-state index contributed by atoms with van der Waals surface area (Å²) in [6, 6.07) is 0. The van der Waals surface area contributed by atoms with Crippen molar-refractivity contribution in [3.05, 3.63) is 0 Å². The Morgan fingerprint density at radius 1 is 1.00 bits per heavy atom. The van der Waals surface area contributed by atoms with Crippen molar-refractivity contribution in [2.75, 3.05) is 13.6 Å². The van der Waals surface area contributed by atoms with Gasteiger partial charge in [0.05, 0.1) is 0 Å². The van der Waals surface area contributed by atoms with Crippen molar-refractivity contribution in [1.29, 1.82) is 0 Å². The maximum absolute atomic E-state index is 4.09. The predicted molar refractivity (Wildman–Crippen MR) is 61.1 cm³/mol. The lowest BCUT2D eigenvalue weighted by atomic mass is 10.1. The Kier molecular flexibility index (Phi) is 2.74. The third-order valence-corrected chi connectivity index (χ3v) is 3.33. The van der Waals surface area contributed by atoms with E-state index in [1.165, 1.54) is 12.8 Å². The van der Waals surface area contributed by atoms with Gasteiger partial charge in [0, 0.05) is 7.05 Å². The standard InChI is InChI=1S/C9H15N9/c1-16-6-4-3-5-7(16)18-9(11-13-15-18)8-10-12-14-17(8)2/h7H,3-6H2,1-2H3. The minimum absolute atomic E-state index is 0.181. The number of hydrogen-bond acceptors (Lipinski definition) is 7. The molecule has 1 fully saturated rings. The number of tetrazole rings is 2. The maximum atomic E-state index is 4.09. The molecular weight excluding hydrogens is 234 g/mol. The first-order chi connectivity index (χ1) is 8.77. The highest BCUT2D eigenvalue weighted by atomic mass is 15.6. The second-order valence-corrected chi connectivity index (χ2v) is 4.53. The van der Waals surface area contributed by atoms with E-state index in [4.69, 9.17) is 0 Å². The van der Waals surface area contributed by atoms with Crippen molar-refractivity contribution in [1.82, 2.24) is 45.3 Å². The van der Waals surface area contributed by atoms with Crippen LogP contribution < -0.4 is 0 Å². The average Bonchev–Trinajstić information content (AvgIpc) is 2.98. The minimum atomic E-state index is 0.181. The zero-order chi connectivity index (χ0) is 12.5. The highest BCUT2D eigenvalue weighted by Gasteiger charge is 2.26. The van der Waals surface area contributed by atoms with Crippen LogP contribution in [0.4, 0.5) is 0 Å². The Labute approximate surface area is 104 Å². The highest BCUT2D eigenvalue weighted by molar-refractivity contribution is 5.40. The van der Waals surface area contributed by atoms with Gasteiger partial charge >= 0.3 is 0 Å². The fourth-order valence-corrected chi connectivity index (χ4v) is 2.33. The van der Waals surface area contributed by atoms with Crippen LogP contribution >= 0.6 is 0 Å². The van der Waals surface area contributed by atoms with Gasteiger partial charge in [0.25, 0.3) is 0 Å². The molecule has 96 valence electrons. The van der Waals surface area contributed by atoms with Gasteiger partial charge in [-0.3, -0.25) is 4.90 Å². The summed E-state index contributed by atoms with van der Waals surface area (Å²) in [5, 5.41) is 23.3. The second kappa shape index (κ2) is 4.41. The first-order valence-electron chi connectivity index (χ1n) is 5.98. The largest absolute Gasteiger partial charge is 0.285 e. The van der Waals surface area contributed by atoms with Crippen molar-refractivity contribution in [3.63, 3.8) is 0 Å². The summed E-state index contributed by atoms with van der Waals surface area (Å²) < 4.78 is 3.38. The molecule has 9 heteroatoms. The third-order valence-electron chi connectivity index (χ3n) is 3.33. The molecule has 2 aromatic rings. The van der Waals surface area contributed by atoms with Gasteiger partial charge in [-0.1, -0.05) is 0 Å². The molecule has 3 heterocycles. The van der Waals surface area contributed by atoms with E-state index in [1.54, 1.807) is 11.7 Å². The summed E-state index contributed by atoms with van der Waals surface area (Å²) in [6.45, 7) is 1.06. The Morgan fingerprint density at radius 2 is 1.78 bits per heavy atom. The van der Waals surface area contributed by atoms with E-state index < -0.39 is 0 Å². The average molecular weight is 249 g/mol. The zero-order valence-corrected chi connectivity index (χ0v) is 10.4. The molecule has 2 aromatic heterocycles.